The van der Waals surface area contributed by atoms with Crippen LogP contribution in [0, 0.1) is 0 Å². The van der Waals surface area contributed by atoms with Crippen LogP contribution >= 0.6 is 11.3 Å². The van der Waals surface area contributed by atoms with Gasteiger partial charge in [0, 0.05) is 13.0 Å². The number of hydrogen-bond acceptors (Lipinski definition) is 4. The monoisotopic (exact) mass is 380 g/mol. The Morgan fingerprint density at radius 3 is 2.81 bits per heavy atom. The van der Waals surface area contributed by atoms with Crippen LogP contribution in [0.3, 0.4) is 0 Å². The van der Waals surface area contributed by atoms with Gasteiger partial charge in [0.15, 0.2) is 0 Å². The Hall–Kier alpha value is -2.40. The number of carbonyl (C=O) groups is 1. The summed E-state index contributed by atoms with van der Waals surface area (Å²) >= 11 is 1.73. The van der Waals surface area contributed by atoms with Crippen LogP contribution < -0.4 is 4.74 Å². The van der Waals surface area contributed by atoms with Gasteiger partial charge in [-0.25, -0.2) is 4.98 Å². The van der Waals surface area contributed by atoms with E-state index < -0.39 is 0 Å². The molecule has 4 nitrogen and oxygen atoms in total. The minimum absolute atomic E-state index is 0.200. The summed E-state index contributed by atoms with van der Waals surface area (Å²) in [4.78, 5) is 19.5. The average Bonchev–Trinajstić information content (AvgIpc) is 3.34. The summed E-state index contributed by atoms with van der Waals surface area (Å²) in [6.07, 6.45) is 4.41. The summed E-state index contributed by atoms with van der Waals surface area (Å²) in [5.74, 6) is 1.11. The van der Waals surface area contributed by atoms with E-state index in [0.717, 1.165) is 48.5 Å². The molecule has 1 fully saturated rings. The van der Waals surface area contributed by atoms with E-state index in [9.17, 15) is 4.79 Å². The lowest BCUT2D eigenvalue weighted by atomic mass is 10.0. The molecule has 3 aromatic rings. The summed E-state index contributed by atoms with van der Waals surface area (Å²) in [5.41, 5.74) is 2.26. The van der Waals surface area contributed by atoms with Gasteiger partial charge in [-0.2, -0.15) is 0 Å². The number of carbonyl (C=O) groups excluding carboxylic acids is 1. The molecule has 1 saturated heterocycles. The first-order valence-electron chi connectivity index (χ1n) is 9.52. The Balaban J connectivity index is 1.35. The van der Waals surface area contributed by atoms with Gasteiger partial charge < -0.3 is 9.64 Å². The highest BCUT2D eigenvalue weighted by Crippen LogP contribution is 2.33. The number of para-hydroxylation sites is 1. The summed E-state index contributed by atoms with van der Waals surface area (Å²) < 4.78 is 6.46. The van der Waals surface area contributed by atoms with E-state index in [2.05, 4.69) is 28.1 Å². The molecule has 0 N–H and O–H groups in total. The first kappa shape index (κ1) is 18.0. The first-order chi connectivity index (χ1) is 13.2. The quantitative estimate of drug-likeness (QED) is 0.605. The van der Waals surface area contributed by atoms with Gasteiger partial charge in [-0.15, -0.1) is 11.3 Å². The molecule has 0 aliphatic carbocycles. The Bertz CT molecular complexity index is 886. The maximum absolute atomic E-state index is 12.8. The van der Waals surface area contributed by atoms with E-state index in [1.54, 1.807) is 18.4 Å². The smallest absolute Gasteiger partial charge is 0.223 e. The second kappa shape index (κ2) is 8.09. The second-order valence-corrected chi connectivity index (χ2v) is 8.06. The number of aryl methyl sites for hydroxylation is 1. The Morgan fingerprint density at radius 1 is 1.22 bits per heavy atom. The molecule has 1 aromatic heterocycles. The molecular weight excluding hydrogens is 356 g/mol. The molecular formula is C22H24N2O2S. The number of nitrogens with zero attached hydrogens (tertiary/aromatic N) is 2. The molecule has 2 heterocycles. The van der Waals surface area contributed by atoms with Crippen molar-refractivity contribution in [2.45, 2.75) is 38.1 Å². The molecule has 1 aliphatic heterocycles. The molecule has 140 valence electrons. The molecule has 27 heavy (non-hydrogen) atoms. The highest BCUT2D eigenvalue weighted by atomic mass is 32.1. The number of amides is 1. The molecule has 0 saturated carbocycles. The number of rotatable bonds is 6. The number of likely N-dealkylation sites (tertiary alicyclic amines) is 1. The van der Waals surface area contributed by atoms with E-state index in [4.69, 9.17) is 4.74 Å². The predicted octanol–water partition coefficient (Wildman–Crippen LogP) is 4.99. The van der Waals surface area contributed by atoms with Crippen molar-refractivity contribution >= 4 is 27.5 Å². The fraction of sp³-hybridized carbons (Fsp3) is 0.364. The zero-order chi connectivity index (χ0) is 18.6. The summed E-state index contributed by atoms with van der Waals surface area (Å²) in [7, 11) is 1.67. The van der Waals surface area contributed by atoms with Crippen LogP contribution in [0.1, 0.15) is 42.3 Å². The molecule has 2 aromatic carbocycles. The fourth-order valence-corrected chi connectivity index (χ4v) is 4.81. The lowest BCUT2D eigenvalue weighted by molar-refractivity contribution is -0.132. The van der Waals surface area contributed by atoms with Gasteiger partial charge in [0.2, 0.25) is 5.91 Å². The van der Waals surface area contributed by atoms with E-state index >= 15 is 0 Å². The van der Waals surface area contributed by atoms with Crippen LogP contribution in [-0.4, -0.2) is 29.4 Å². The van der Waals surface area contributed by atoms with Crippen molar-refractivity contribution in [3.8, 4) is 5.75 Å². The third kappa shape index (κ3) is 3.98. The minimum Gasteiger partial charge on any atom is -0.497 e. The number of aromatic nitrogens is 1. The van der Waals surface area contributed by atoms with Crippen molar-refractivity contribution in [2.75, 3.05) is 13.7 Å². The largest absolute Gasteiger partial charge is 0.497 e. The topological polar surface area (TPSA) is 42.4 Å². The Morgan fingerprint density at radius 2 is 2.04 bits per heavy atom. The summed E-state index contributed by atoms with van der Waals surface area (Å²) in [5, 5.41) is 1.12. The van der Waals surface area contributed by atoms with E-state index in [1.165, 1.54) is 10.3 Å². The van der Waals surface area contributed by atoms with Gasteiger partial charge in [-0.1, -0.05) is 24.3 Å². The van der Waals surface area contributed by atoms with Crippen molar-refractivity contribution in [2.24, 2.45) is 0 Å². The lowest BCUT2D eigenvalue weighted by Gasteiger charge is -2.25. The summed E-state index contributed by atoms with van der Waals surface area (Å²) in [6, 6.07) is 16.5. The zero-order valence-electron chi connectivity index (χ0n) is 15.6. The normalized spacial score (nSPS) is 16.8. The molecule has 1 unspecified atom stereocenters. The van der Waals surface area contributed by atoms with Crippen LogP contribution in [0.25, 0.3) is 10.2 Å². The summed E-state index contributed by atoms with van der Waals surface area (Å²) in [6.45, 7) is 0.858. The van der Waals surface area contributed by atoms with E-state index in [0.29, 0.717) is 6.42 Å². The van der Waals surface area contributed by atoms with Crippen LogP contribution in [0.2, 0.25) is 0 Å². The average molecular weight is 381 g/mol. The SMILES string of the molecule is COc1ccc(C2CCCN2C(=O)CCCc2nc3ccccc3s2)cc1. The van der Waals surface area contributed by atoms with Crippen molar-refractivity contribution in [3.63, 3.8) is 0 Å². The third-order valence-corrected chi connectivity index (χ3v) is 6.29. The minimum atomic E-state index is 0.200. The number of hydrogen-bond donors (Lipinski definition) is 0. The van der Waals surface area contributed by atoms with Gasteiger partial charge >= 0.3 is 0 Å². The number of thiazole rings is 1. The molecule has 1 amide bonds. The maximum atomic E-state index is 12.8. The molecule has 5 heteroatoms. The van der Waals surface area contributed by atoms with Crippen LogP contribution in [0.5, 0.6) is 5.75 Å². The Kier molecular flexibility index (Phi) is 5.39. The van der Waals surface area contributed by atoms with Crippen LogP contribution in [-0.2, 0) is 11.2 Å². The molecule has 4 rings (SSSR count). The molecule has 1 atom stereocenters. The standard InChI is InChI=1S/C22H24N2O2S/c1-26-17-13-11-16(12-14-17)19-7-5-15-24(19)22(25)10-4-9-21-23-18-6-2-3-8-20(18)27-21/h2-3,6,8,11-14,19H,4-5,7,9-10,15H2,1H3. The fourth-order valence-electron chi connectivity index (χ4n) is 3.80. The maximum Gasteiger partial charge on any atom is 0.223 e. The highest BCUT2D eigenvalue weighted by Gasteiger charge is 2.29. The zero-order valence-corrected chi connectivity index (χ0v) is 16.4. The van der Waals surface area contributed by atoms with Gasteiger partial charge in [-0.05, 0) is 55.5 Å². The number of ether oxygens (including phenoxy) is 1. The van der Waals surface area contributed by atoms with Crippen molar-refractivity contribution in [1.29, 1.82) is 0 Å². The molecule has 0 spiro atoms. The Labute approximate surface area is 163 Å². The molecule has 1 aliphatic rings. The van der Waals surface area contributed by atoms with Gasteiger partial charge in [0.1, 0.15) is 5.75 Å². The number of benzene rings is 2. The van der Waals surface area contributed by atoms with Gasteiger partial charge in [0.25, 0.3) is 0 Å². The number of fused-ring (bicyclic) bond motifs is 1. The van der Waals surface area contributed by atoms with Crippen molar-refractivity contribution < 1.29 is 9.53 Å². The third-order valence-electron chi connectivity index (χ3n) is 5.19. The van der Waals surface area contributed by atoms with Gasteiger partial charge in [0.05, 0.1) is 28.4 Å². The van der Waals surface area contributed by atoms with E-state index in [-0.39, 0.29) is 11.9 Å². The van der Waals surface area contributed by atoms with Crippen molar-refractivity contribution in [1.82, 2.24) is 9.88 Å². The first-order valence-corrected chi connectivity index (χ1v) is 10.3. The lowest BCUT2D eigenvalue weighted by Crippen LogP contribution is -2.30. The number of methoxy groups -OCH3 is 1. The predicted molar refractivity (Wildman–Crippen MR) is 109 cm³/mol. The van der Waals surface area contributed by atoms with Crippen LogP contribution in [0.4, 0.5) is 0 Å². The van der Waals surface area contributed by atoms with E-state index in [1.807, 2.05) is 30.3 Å². The second-order valence-electron chi connectivity index (χ2n) is 6.95. The molecule has 0 radical (unpaired) electrons. The highest BCUT2D eigenvalue weighted by molar-refractivity contribution is 7.18. The van der Waals surface area contributed by atoms with Gasteiger partial charge in [-0.3, -0.25) is 4.79 Å². The van der Waals surface area contributed by atoms with Crippen molar-refractivity contribution in [3.05, 3.63) is 59.1 Å². The van der Waals surface area contributed by atoms with Crippen LogP contribution in [0.15, 0.2) is 48.5 Å². The molecule has 0 bridgehead atoms.